The number of carbonyl (C=O) groups excluding carboxylic acids is 2. The molecule has 2 amide bonds. The average Bonchev–Trinajstić information content (AvgIpc) is 2.95. The van der Waals surface area contributed by atoms with Crippen LogP contribution >= 0.6 is 15.9 Å². The van der Waals surface area contributed by atoms with Crippen LogP contribution in [0.5, 0.6) is 0 Å². The summed E-state index contributed by atoms with van der Waals surface area (Å²) in [7, 11) is 0. The molecule has 0 fully saturated rings. The number of amides is 2. The number of ether oxygens (including phenoxy) is 2. The molecule has 1 aliphatic rings. The molecule has 0 saturated heterocycles. The largest absolute Gasteiger partial charge is 0.447 e. The summed E-state index contributed by atoms with van der Waals surface area (Å²) in [4.78, 5) is 23.9. The maximum atomic E-state index is 14.5. The fourth-order valence-corrected chi connectivity index (χ4v) is 5.29. The Bertz CT molecular complexity index is 1190. The van der Waals surface area contributed by atoms with Crippen LogP contribution < -0.4 is 11.1 Å². The summed E-state index contributed by atoms with van der Waals surface area (Å²) in [6.07, 6.45) is 1.93. The lowest BCUT2D eigenvalue weighted by Gasteiger charge is -2.39. The molecule has 0 heterocycles. The number of nitrogens with one attached hydrogen (secondary N) is 1. The van der Waals surface area contributed by atoms with Gasteiger partial charge in [-0.1, -0.05) is 102 Å². The number of halogens is 4. The minimum Gasteiger partial charge on any atom is -0.447 e. The third-order valence-electron chi connectivity index (χ3n) is 6.78. The molecule has 3 N–H and O–H groups in total. The topological polar surface area (TPSA) is 90.7 Å². The first-order valence-corrected chi connectivity index (χ1v) is 14.5. The first-order chi connectivity index (χ1) is 19.6. The molecule has 2 atom stereocenters. The molecule has 2 unspecified atom stereocenters. The number of unbranched alkanes of at least 4 members (excludes halogenated alkanes) is 5. The monoisotopic (exact) mass is 636 g/mol. The molecule has 0 bridgehead atoms. The third-order valence-corrected chi connectivity index (χ3v) is 7.87. The van der Waals surface area contributed by atoms with Crippen molar-refractivity contribution in [3.63, 3.8) is 0 Å². The molecular formula is C31H36BrF3N2O4. The lowest BCUT2D eigenvalue weighted by atomic mass is 9.83. The SMILES string of the molecule is NC(=O)OCCOC1C(c2ccccc2)=CC(C(=O)NCCCCCCCCc2ccccc2)=CC1(Br)C(F)(F)F. The summed E-state index contributed by atoms with van der Waals surface area (Å²) in [5.74, 6) is -0.593. The molecule has 222 valence electrons. The van der Waals surface area contributed by atoms with Crippen molar-refractivity contribution in [3.8, 4) is 0 Å². The van der Waals surface area contributed by atoms with Crippen LogP contribution in [0.25, 0.3) is 5.57 Å². The predicted molar refractivity (Wildman–Crippen MR) is 156 cm³/mol. The van der Waals surface area contributed by atoms with Crippen molar-refractivity contribution in [3.05, 3.63) is 89.5 Å². The van der Waals surface area contributed by atoms with Crippen molar-refractivity contribution in [2.24, 2.45) is 5.73 Å². The highest BCUT2D eigenvalue weighted by molar-refractivity contribution is 9.10. The van der Waals surface area contributed by atoms with Crippen LogP contribution in [-0.2, 0) is 20.7 Å². The van der Waals surface area contributed by atoms with E-state index in [1.807, 2.05) is 18.2 Å². The number of nitrogens with two attached hydrogens (primary N) is 1. The fraction of sp³-hybridized carbons (Fsp3) is 0.419. The predicted octanol–water partition coefficient (Wildman–Crippen LogP) is 6.89. The van der Waals surface area contributed by atoms with Crippen molar-refractivity contribution in [1.82, 2.24) is 5.32 Å². The van der Waals surface area contributed by atoms with Gasteiger partial charge >= 0.3 is 12.3 Å². The summed E-state index contributed by atoms with van der Waals surface area (Å²) >= 11 is 2.87. The lowest BCUT2D eigenvalue weighted by molar-refractivity contribution is -0.167. The molecule has 41 heavy (non-hydrogen) atoms. The van der Waals surface area contributed by atoms with E-state index in [9.17, 15) is 22.8 Å². The Kier molecular flexibility index (Phi) is 12.5. The van der Waals surface area contributed by atoms with E-state index in [2.05, 4.69) is 38.1 Å². The molecule has 2 aromatic carbocycles. The van der Waals surface area contributed by atoms with Crippen molar-refractivity contribution < 1.29 is 32.2 Å². The minimum absolute atomic E-state index is 0.118. The van der Waals surface area contributed by atoms with Crippen LogP contribution in [0.3, 0.4) is 0 Å². The summed E-state index contributed by atoms with van der Waals surface area (Å²) in [5, 5.41) is 2.76. The Morgan fingerprint density at radius 3 is 2.15 bits per heavy atom. The van der Waals surface area contributed by atoms with Crippen LogP contribution in [-0.4, -0.2) is 48.4 Å². The second-order valence-corrected chi connectivity index (χ2v) is 11.2. The highest BCUT2D eigenvalue weighted by Crippen LogP contribution is 2.50. The van der Waals surface area contributed by atoms with E-state index in [1.54, 1.807) is 30.3 Å². The number of primary amides is 1. The maximum absolute atomic E-state index is 14.5. The summed E-state index contributed by atoms with van der Waals surface area (Å²) in [6.45, 7) is -0.290. The van der Waals surface area contributed by atoms with Gasteiger partial charge in [0.2, 0.25) is 0 Å². The van der Waals surface area contributed by atoms with Gasteiger partial charge in [0.15, 0.2) is 4.32 Å². The van der Waals surface area contributed by atoms with E-state index >= 15 is 0 Å². The summed E-state index contributed by atoms with van der Waals surface area (Å²) < 4.78 is 51.0. The molecule has 3 rings (SSSR count). The number of aryl methyl sites for hydroxylation is 1. The molecule has 0 spiro atoms. The van der Waals surface area contributed by atoms with Gasteiger partial charge < -0.3 is 20.5 Å². The van der Waals surface area contributed by atoms with Crippen LogP contribution in [0.1, 0.15) is 49.7 Å². The highest BCUT2D eigenvalue weighted by Gasteiger charge is 2.60. The normalized spacial score (nSPS) is 18.8. The van der Waals surface area contributed by atoms with Crippen LogP contribution in [0.2, 0.25) is 0 Å². The zero-order valence-electron chi connectivity index (χ0n) is 22.8. The van der Waals surface area contributed by atoms with Gasteiger partial charge in [-0.25, -0.2) is 4.79 Å². The molecule has 0 radical (unpaired) electrons. The van der Waals surface area contributed by atoms with Gasteiger partial charge in [0.25, 0.3) is 5.91 Å². The van der Waals surface area contributed by atoms with Gasteiger partial charge in [-0.05, 0) is 48.1 Å². The quantitative estimate of drug-likeness (QED) is 0.165. The Balaban J connectivity index is 1.59. The molecule has 2 aromatic rings. The van der Waals surface area contributed by atoms with E-state index in [-0.39, 0.29) is 24.4 Å². The Hall–Kier alpha value is -3.11. The van der Waals surface area contributed by atoms with Crippen LogP contribution in [0.4, 0.5) is 18.0 Å². The van der Waals surface area contributed by atoms with Crippen LogP contribution in [0.15, 0.2) is 78.4 Å². The number of carbonyl (C=O) groups is 2. The lowest BCUT2D eigenvalue weighted by Crippen LogP contribution is -2.52. The maximum Gasteiger partial charge on any atom is 0.410 e. The van der Waals surface area contributed by atoms with E-state index in [0.29, 0.717) is 12.1 Å². The molecule has 1 aliphatic carbocycles. The number of hydrogen-bond donors (Lipinski definition) is 2. The molecule has 6 nitrogen and oxygen atoms in total. The number of rotatable bonds is 15. The van der Waals surface area contributed by atoms with Crippen molar-refractivity contribution in [1.29, 1.82) is 0 Å². The fourth-order valence-electron chi connectivity index (χ4n) is 4.67. The van der Waals surface area contributed by atoms with Gasteiger partial charge in [0.1, 0.15) is 12.7 Å². The zero-order valence-corrected chi connectivity index (χ0v) is 24.4. The van der Waals surface area contributed by atoms with Crippen molar-refractivity contribution in [2.45, 2.75) is 61.6 Å². The van der Waals surface area contributed by atoms with Crippen LogP contribution in [0, 0.1) is 0 Å². The van der Waals surface area contributed by atoms with Gasteiger partial charge in [-0.2, -0.15) is 13.2 Å². The Morgan fingerprint density at radius 1 is 0.902 bits per heavy atom. The second kappa shape index (κ2) is 15.8. The third kappa shape index (κ3) is 9.74. The molecule has 0 aromatic heterocycles. The van der Waals surface area contributed by atoms with E-state index in [0.717, 1.165) is 51.0 Å². The summed E-state index contributed by atoms with van der Waals surface area (Å²) in [6, 6.07) is 18.8. The number of alkyl halides is 4. The van der Waals surface area contributed by atoms with Gasteiger partial charge in [-0.3, -0.25) is 4.79 Å². The standard InChI is InChI=1S/C31H36BrF3N2O4/c32-30(31(33,34)35)22-25(21-26(24-16-10-6-11-17-24)27(30)40-19-20-41-29(36)39)28(38)37-18-12-4-2-1-3-7-13-23-14-8-5-9-15-23/h5-6,8-11,14-17,21-22,27H,1-4,7,12-13,18-20H2,(H2,36,39)(H,37,38). The van der Waals surface area contributed by atoms with E-state index in [1.165, 1.54) is 11.6 Å². The Morgan fingerprint density at radius 2 is 1.51 bits per heavy atom. The number of benzene rings is 2. The van der Waals surface area contributed by atoms with Crippen molar-refractivity contribution >= 4 is 33.5 Å². The minimum atomic E-state index is -4.82. The van der Waals surface area contributed by atoms with Gasteiger partial charge in [0, 0.05) is 12.1 Å². The molecule has 0 saturated carbocycles. The number of hydrogen-bond acceptors (Lipinski definition) is 4. The zero-order chi connectivity index (χ0) is 29.7. The van der Waals surface area contributed by atoms with Crippen molar-refractivity contribution in [2.75, 3.05) is 19.8 Å². The van der Waals surface area contributed by atoms with Gasteiger partial charge in [-0.15, -0.1) is 0 Å². The second-order valence-electron chi connectivity index (χ2n) is 9.86. The molecular weight excluding hydrogens is 601 g/mol. The van der Waals surface area contributed by atoms with E-state index < -0.39 is 28.6 Å². The summed E-state index contributed by atoms with van der Waals surface area (Å²) in [5.41, 5.74) is 6.79. The first kappa shape index (κ1) is 32.4. The van der Waals surface area contributed by atoms with Gasteiger partial charge in [0.05, 0.1) is 6.61 Å². The highest BCUT2D eigenvalue weighted by atomic mass is 79.9. The Labute approximate surface area is 247 Å². The molecule has 0 aliphatic heterocycles. The average molecular weight is 638 g/mol. The smallest absolute Gasteiger partial charge is 0.410 e. The first-order valence-electron chi connectivity index (χ1n) is 13.7. The molecule has 10 heteroatoms. The van der Waals surface area contributed by atoms with E-state index in [4.69, 9.17) is 10.5 Å².